The molecule has 1 aliphatic carbocycles. The van der Waals surface area contributed by atoms with Crippen molar-refractivity contribution in [2.75, 3.05) is 0 Å². The number of carboxylic acids is 1. The lowest BCUT2D eigenvalue weighted by Gasteiger charge is -2.09. The highest BCUT2D eigenvalue weighted by molar-refractivity contribution is 7.15. The molecule has 0 amide bonds. The van der Waals surface area contributed by atoms with E-state index in [1.54, 1.807) is 28.7 Å². The molecule has 0 aliphatic heterocycles. The maximum Gasteiger partial charge on any atom is 0.335 e. The molecule has 3 heterocycles. The van der Waals surface area contributed by atoms with Crippen molar-refractivity contribution in [3.8, 4) is 22.0 Å². The number of aryl methyl sites for hydroxylation is 2. The Kier molecular flexibility index (Phi) is 2.87. The molecule has 4 rings (SSSR count). The minimum absolute atomic E-state index is 0.240. The second-order valence-corrected chi connectivity index (χ2v) is 6.87. The molecule has 4 nitrogen and oxygen atoms in total. The van der Waals surface area contributed by atoms with E-state index in [0.29, 0.717) is 5.69 Å². The van der Waals surface area contributed by atoms with Crippen molar-refractivity contribution < 1.29 is 9.90 Å². The Morgan fingerprint density at radius 1 is 1.24 bits per heavy atom. The van der Waals surface area contributed by atoms with Crippen LogP contribution in [0.5, 0.6) is 0 Å². The smallest absolute Gasteiger partial charge is 0.335 e. The van der Waals surface area contributed by atoms with Crippen LogP contribution < -0.4 is 0 Å². The Balaban J connectivity index is 1.82. The van der Waals surface area contributed by atoms with Gasteiger partial charge in [-0.15, -0.1) is 22.7 Å². The average molecular weight is 314 g/mol. The SMILES string of the molecule is O=C(O)c1ccnc(-c2nc3c(s2)CCc2sccc2-3)c1. The summed E-state index contributed by atoms with van der Waals surface area (Å²) in [6.07, 6.45) is 3.58. The van der Waals surface area contributed by atoms with Crippen LogP contribution in [0.3, 0.4) is 0 Å². The summed E-state index contributed by atoms with van der Waals surface area (Å²) in [5, 5.41) is 12.0. The molecular weight excluding hydrogens is 304 g/mol. The van der Waals surface area contributed by atoms with Crippen LogP contribution >= 0.6 is 22.7 Å². The highest BCUT2D eigenvalue weighted by Gasteiger charge is 2.22. The largest absolute Gasteiger partial charge is 0.478 e. The first-order valence-corrected chi connectivity index (χ1v) is 8.18. The summed E-state index contributed by atoms with van der Waals surface area (Å²) in [6.45, 7) is 0. The molecular formula is C15H10N2O2S2. The van der Waals surface area contributed by atoms with Gasteiger partial charge in [0.25, 0.3) is 0 Å². The van der Waals surface area contributed by atoms with Gasteiger partial charge in [0.2, 0.25) is 0 Å². The van der Waals surface area contributed by atoms with E-state index in [0.717, 1.165) is 23.5 Å². The van der Waals surface area contributed by atoms with Crippen LogP contribution in [0.25, 0.3) is 22.0 Å². The van der Waals surface area contributed by atoms with Crippen LogP contribution in [0.4, 0.5) is 0 Å². The molecule has 1 N–H and O–H groups in total. The minimum Gasteiger partial charge on any atom is -0.478 e. The summed E-state index contributed by atoms with van der Waals surface area (Å²) in [4.78, 5) is 22.7. The van der Waals surface area contributed by atoms with Gasteiger partial charge in [0, 0.05) is 21.5 Å². The maximum atomic E-state index is 11.1. The van der Waals surface area contributed by atoms with Gasteiger partial charge in [-0.1, -0.05) is 0 Å². The molecule has 0 spiro atoms. The van der Waals surface area contributed by atoms with E-state index in [4.69, 9.17) is 10.1 Å². The van der Waals surface area contributed by atoms with Crippen LogP contribution in [0, 0.1) is 0 Å². The van der Waals surface area contributed by atoms with Crippen LogP contribution in [-0.4, -0.2) is 21.0 Å². The molecule has 0 aromatic carbocycles. The third-order valence-corrected chi connectivity index (χ3v) is 5.62. The molecule has 1 aliphatic rings. The summed E-state index contributed by atoms with van der Waals surface area (Å²) in [7, 11) is 0. The summed E-state index contributed by atoms with van der Waals surface area (Å²) < 4.78 is 0. The van der Waals surface area contributed by atoms with Crippen LogP contribution in [0.15, 0.2) is 29.8 Å². The Bertz CT molecular complexity index is 851. The monoisotopic (exact) mass is 314 g/mol. The highest BCUT2D eigenvalue weighted by atomic mass is 32.1. The number of thiophene rings is 1. The first-order chi connectivity index (χ1) is 10.2. The quantitative estimate of drug-likeness (QED) is 0.783. The van der Waals surface area contributed by atoms with E-state index < -0.39 is 5.97 Å². The van der Waals surface area contributed by atoms with Crippen molar-refractivity contribution in [3.63, 3.8) is 0 Å². The fourth-order valence-electron chi connectivity index (χ4n) is 2.49. The second-order valence-electron chi connectivity index (χ2n) is 4.78. The predicted molar refractivity (Wildman–Crippen MR) is 83.0 cm³/mol. The molecule has 6 heteroatoms. The number of nitrogens with zero attached hydrogens (tertiary/aromatic N) is 2. The fraction of sp³-hybridized carbons (Fsp3) is 0.133. The third-order valence-electron chi connectivity index (χ3n) is 3.50. The number of pyridine rings is 1. The number of hydrogen-bond donors (Lipinski definition) is 1. The van der Waals surface area contributed by atoms with Crippen molar-refractivity contribution in [2.24, 2.45) is 0 Å². The van der Waals surface area contributed by atoms with Gasteiger partial charge in [-0.2, -0.15) is 0 Å². The lowest BCUT2D eigenvalue weighted by Crippen LogP contribution is -1.98. The lowest BCUT2D eigenvalue weighted by molar-refractivity contribution is 0.0697. The first kappa shape index (κ1) is 12.7. The van der Waals surface area contributed by atoms with Crippen molar-refractivity contribution in [3.05, 3.63) is 45.1 Å². The van der Waals surface area contributed by atoms with Gasteiger partial charge in [0.05, 0.1) is 17.0 Å². The summed E-state index contributed by atoms with van der Waals surface area (Å²) in [6, 6.07) is 5.19. The zero-order valence-electron chi connectivity index (χ0n) is 10.9. The lowest BCUT2D eigenvalue weighted by atomic mass is 10.0. The van der Waals surface area contributed by atoms with Gasteiger partial charge >= 0.3 is 5.97 Å². The predicted octanol–water partition coefficient (Wildman–Crippen LogP) is 3.73. The molecule has 0 saturated heterocycles. The van der Waals surface area contributed by atoms with Gasteiger partial charge in [0.15, 0.2) is 0 Å². The molecule has 0 saturated carbocycles. The molecule has 0 atom stereocenters. The third kappa shape index (κ3) is 2.07. The zero-order chi connectivity index (χ0) is 14.4. The number of aromatic nitrogens is 2. The van der Waals surface area contributed by atoms with Crippen molar-refractivity contribution in [1.29, 1.82) is 0 Å². The summed E-state index contributed by atoms with van der Waals surface area (Å²) >= 11 is 3.39. The van der Waals surface area contributed by atoms with E-state index in [2.05, 4.69) is 16.4 Å². The normalized spacial score (nSPS) is 12.8. The second kappa shape index (κ2) is 4.75. The number of carbonyl (C=O) groups is 1. The van der Waals surface area contributed by atoms with Crippen molar-refractivity contribution in [1.82, 2.24) is 9.97 Å². The number of rotatable bonds is 2. The minimum atomic E-state index is -0.944. The molecule has 3 aromatic rings. The van der Waals surface area contributed by atoms with Gasteiger partial charge < -0.3 is 5.11 Å². The number of carboxylic acid groups (broad SMARTS) is 1. The molecule has 0 radical (unpaired) electrons. The van der Waals surface area contributed by atoms with Crippen LogP contribution in [-0.2, 0) is 12.8 Å². The summed E-state index contributed by atoms with van der Waals surface area (Å²) in [5.74, 6) is -0.944. The Morgan fingerprint density at radius 3 is 2.95 bits per heavy atom. The van der Waals surface area contributed by atoms with E-state index in [-0.39, 0.29) is 5.56 Å². The summed E-state index contributed by atoms with van der Waals surface area (Å²) in [5.41, 5.74) is 3.13. The number of hydrogen-bond acceptors (Lipinski definition) is 5. The van der Waals surface area contributed by atoms with E-state index >= 15 is 0 Å². The zero-order valence-corrected chi connectivity index (χ0v) is 12.5. The number of thiazole rings is 1. The Hall–Kier alpha value is -2.05. The van der Waals surface area contributed by atoms with Gasteiger partial charge in [-0.25, -0.2) is 9.78 Å². The Morgan fingerprint density at radius 2 is 2.10 bits per heavy atom. The molecule has 0 fully saturated rings. The number of aromatic carboxylic acids is 1. The van der Waals surface area contributed by atoms with Crippen LogP contribution in [0.1, 0.15) is 20.1 Å². The van der Waals surface area contributed by atoms with Crippen LogP contribution in [0.2, 0.25) is 0 Å². The topological polar surface area (TPSA) is 63.1 Å². The maximum absolute atomic E-state index is 11.1. The standard InChI is InChI=1S/C15H10N2O2S2/c18-15(19)8-3-5-16-10(7-8)14-17-13-9-4-6-20-11(9)1-2-12(13)21-14/h3-7H,1-2H2,(H,18,19). The fourth-order valence-corrected chi connectivity index (χ4v) is 4.42. The molecule has 0 unspecified atom stereocenters. The van der Waals surface area contributed by atoms with Crippen molar-refractivity contribution >= 4 is 28.6 Å². The number of fused-ring (bicyclic) bond motifs is 3. The highest BCUT2D eigenvalue weighted by Crippen LogP contribution is 2.41. The van der Waals surface area contributed by atoms with Gasteiger partial charge in [-0.05, 0) is 36.4 Å². The van der Waals surface area contributed by atoms with Gasteiger partial charge in [0.1, 0.15) is 5.01 Å². The van der Waals surface area contributed by atoms with E-state index in [1.165, 1.54) is 27.6 Å². The molecule has 0 bridgehead atoms. The van der Waals surface area contributed by atoms with Gasteiger partial charge in [-0.3, -0.25) is 4.98 Å². The first-order valence-electron chi connectivity index (χ1n) is 6.48. The molecule has 3 aromatic heterocycles. The Labute approximate surface area is 128 Å². The average Bonchev–Trinajstić information content (AvgIpc) is 3.12. The molecule has 21 heavy (non-hydrogen) atoms. The van der Waals surface area contributed by atoms with E-state index in [9.17, 15) is 4.79 Å². The molecule has 104 valence electrons. The van der Waals surface area contributed by atoms with E-state index in [1.807, 2.05) is 0 Å². The van der Waals surface area contributed by atoms with Crippen molar-refractivity contribution in [2.45, 2.75) is 12.8 Å².